The number of rotatable bonds is 8. The topological polar surface area (TPSA) is 60.2 Å². The van der Waals surface area contributed by atoms with Crippen LogP contribution in [0.4, 0.5) is 0 Å². The first kappa shape index (κ1) is 16.5. The van der Waals surface area contributed by atoms with Gasteiger partial charge in [-0.05, 0) is 35.8 Å². The summed E-state index contributed by atoms with van der Waals surface area (Å²) in [5.41, 5.74) is 6.44. The Morgan fingerprint density at radius 3 is 2.32 bits per heavy atom. The molecule has 0 radical (unpaired) electrons. The SMILES string of the molecule is CC(C)CCSCCS(=O)(=O)c1ccc(CN)cc1. The zero-order valence-electron chi connectivity index (χ0n) is 11.6. The summed E-state index contributed by atoms with van der Waals surface area (Å²) >= 11 is 1.71. The summed E-state index contributed by atoms with van der Waals surface area (Å²) in [5.74, 6) is 2.57. The van der Waals surface area contributed by atoms with Gasteiger partial charge in [0.2, 0.25) is 0 Å². The third kappa shape index (κ3) is 5.97. The fourth-order valence-corrected chi connectivity index (χ4v) is 4.52. The Kier molecular flexibility index (Phi) is 6.89. The Morgan fingerprint density at radius 2 is 1.79 bits per heavy atom. The van der Waals surface area contributed by atoms with Crippen molar-refractivity contribution >= 4 is 21.6 Å². The molecule has 0 spiro atoms. The van der Waals surface area contributed by atoms with Crippen molar-refractivity contribution in [1.82, 2.24) is 0 Å². The summed E-state index contributed by atoms with van der Waals surface area (Å²) in [6, 6.07) is 6.85. The molecule has 0 aromatic heterocycles. The predicted octanol–water partition coefficient (Wildman–Crippen LogP) is 2.70. The van der Waals surface area contributed by atoms with Gasteiger partial charge in [0.15, 0.2) is 9.84 Å². The molecule has 0 aliphatic heterocycles. The molecule has 1 rings (SSSR count). The standard InChI is InChI=1S/C14H23NO2S2/c1-12(2)7-8-18-9-10-19(16,17)14-5-3-13(11-15)4-6-14/h3-6,12H,7-11,15H2,1-2H3. The van der Waals surface area contributed by atoms with E-state index in [2.05, 4.69) is 13.8 Å². The van der Waals surface area contributed by atoms with E-state index in [1.807, 2.05) is 0 Å². The number of nitrogens with two attached hydrogens (primary N) is 1. The van der Waals surface area contributed by atoms with Gasteiger partial charge in [0.05, 0.1) is 10.6 Å². The largest absolute Gasteiger partial charge is 0.326 e. The summed E-state index contributed by atoms with van der Waals surface area (Å²) < 4.78 is 24.2. The molecular formula is C14H23NO2S2. The summed E-state index contributed by atoms with van der Waals surface area (Å²) in [6.45, 7) is 4.79. The maximum Gasteiger partial charge on any atom is 0.179 e. The van der Waals surface area contributed by atoms with Crippen molar-refractivity contribution in [3.05, 3.63) is 29.8 Å². The van der Waals surface area contributed by atoms with Crippen molar-refractivity contribution in [2.45, 2.75) is 31.7 Å². The average molecular weight is 301 g/mol. The van der Waals surface area contributed by atoms with Crippen molar-refractivity contribution in [2.24, 2.45) is 11.7 Å². The zero-order valence-corrected chi connectivity index (χ0v) is 13.3. The molecule has 0 aliphatic carbocycles. The first-order valence-electron chi connectivity index (χ1n) is 6.55. The molecule has 0 saturated heterocycles. The molecule has 0 fully saturated rings. The van der Waals surface area contributed by atoms with E-state index in [9.17, 15) is 8.42 Å². The normalized spacial score (nSPS) is 12.0. The van der Waals surface area contributed by atoms with Crippen LogP contribution in [0.15, 0.2) is 29.2 Å². The van der Waals surface area contributed by atoms with E-state index in [4.69, 9.17) is 5.73 Å². The number of hydrogen-bond acceptors (Lipinski definition) is 4. The van der Waals surface area contributed by atoms with Crippen LogP contribution in [-0.2, 0) is 16.4 Å². The Bertz CT molecular complexity index is 467. The lowest BCUT2D eigenvalue weighted by molar-refractivity contribution is 0.597. The highest BCUT2D eigenvalue weighted by atomic mass is 32.2. The predicted molar refractivity (Wildman–Crippen MR) is 83.2 cm³/mol. The van der Waals surface area contributed by atoms with E-state index in [-0.39, 0.29) is 5.75 Å². The number of benzene rings is 1. The monoisotopic (exact) mass is 301 g/mol. The second-order valence-corrected chi connectivity index (χ2v) is 8.30. The van der Waals surface area contributed by atoms with Crippen molar-refractivity contribution in [3.8, 4) is 0 Å². The van der Waals surface area contributed by atoms with E-state index in [1.54, 1.807) is 36.0 Å². The van der Waals surface area contributed by atoms with Crippen LogP contribution in [0, 0.1) is 5.92 Å². The van der Waals surface area contributed by atoms with Crippen LogP contribution in [0.25, 0.3) is 0 Å². The van der Waals surface area contributed by atoms with E-state index in [1.165, 1.54) is 0 Å². The van der Waals surface area contributed by atoms with Gasteiger partial charge in [-0.15, -0.1) is 0 Å². The minimum Gasteiger partial charge on any atom is -0.326 e. The molecule has 1 aromatic rings. The van der Waals surface area contributed by atoms with Crippen molar-refractivity contribution in [1.29, 1.82) is 0 Å². The Morgan fingerprint density at radius 1 is 1.16 bits per heavy atom. The lowest BCUT2D eigenvalue weighted by Gasteiger charge is -2.06. The highest BCUT2D eigenvalue weighted by Gasteiger charge is 2.13. The molecule has 19 heavy (non-hydrogen) atoms. The van der Waals surface area contributed by atoms with Gasteiger partial charge in [0.25, 0.3) is 0 Å². The van der Waals surface area contributed by atoms with Crippen LogP contribution >= 0.6 is 11.8 Å². The second-order valence-electron chi connectivity index (χ2n) is 4.96. The van der Waals surface area contributed by atoms with Crippen molar-refractivity contribution in [3.63, 3.8) is 0 Å². The summed E-state index contributed by atoms with van der Waals surface area (Å²) in [6.07, 6.45) is 1.13. The average Bonchev–Trinajstić information content (AvgIpc) is 2.38. The molecule has 108 valence electrons. The van der Waals surface area contributed by atoms with Gasteiger partial charge >= 0.3 is 0 Å². The molecule has 3 nitrogen and oxygen atoms in total. The summed E-state index contributed by atoms with van der Waals surface area (Å²) in [7, 11) is -3.15. The van der Waals surface area contributed by atoms with Gasteiger partial charge in [-0.1, -0.05) is 26.0 Å². The second kappa shape index (κ2) is 7.92. The van der Waals surface area contributed by atoms with Gasteiger partial charge in [-0.3, -0.25) is 0 Å². The third-order valence-corrected chi connectivity index (χ3v) is 5.86. The maximum atomic E-state index is 12.1. The maximum absolute atomic E-state index is 12.1. The molecule has 0 amide bonds. The highest BCUT2D eigenvalue weighted by Crippen LogP contribution is 2.15. The quantitative estimate of drug-likeness (QED) is 0.750. The number of sulfone groups is 1. The highest BCUT2D eigenvalue weighted by molar-refractivity contribution is 8.00. The van der Waals surface area contributed by atoms with E-state index in [0.29, 0.717) is 23.1 Å². The van der Waals surface area contributed by atoms with Crippen LogP contribution in [0.3, 0.4) is 0 Å². The molecule has 0 saturated carbocycles. The van der Waals surface area contributed by atoms with Gasteiger partial charge in [0, 0.05) is 12.3 Å². The van der Waals surface area contributed by atoms with E-state index < -0.39 is 9.84 Å². The first-order chi connectivity index (χ1) is 8.95. The lowest BCUT2D eigenvalue weighted by Crippen LogP contribution is -2.09. The minimum absolute atomic E-state index is 0.206. The fraction of sp³-hybridized carbons (Fsp3) is 0.571. The molecular weight excluding hydrogens is 278 g/mol. The van der Waals surface area contributed by atoms with Crippen LogP contribution in [0.2, 0.25) is 0 Å². The Hall–Kier alpha value is -0.520. The van der Waals surface area contributed by atoms with Gasteiger partial charge < -0.3 is 5.73 Å². The molecule has 0 atom stereocenters. The van der Waals surface area contributed by atoms with Crippen LogP contribution in [-0.4, -0.2) is 25.7 Å². The molecule has 1 aromatic carbocycles. The first-order valence-corrected chi connectivity index (χ1v) is 9.36. The molecule has 2 N–H and O–H groups in total. The van der Waals surface area contributed by atoms with Crippen molar-refractivity contribution < 1.29 is 8.42 Å². The molecule has 0 unspecified atom stereocenters. The third-order valence-electron chi connectivity index (χ3n) is 2.85. The van der Waals surface area contributed by atoms with Crippen LogP contribution in [0.5, 0.6) is 0 Å². The summed E-state index contributed by atoms with van der Waals surface area (Å²) in [4.78, 5) is 0.397. The Balaban J connectivity index is 2.46. The molecule has 0 heterocycles. The van der Waals surface area contributed by atoms with Gasteiger partial charge in [-0.2, -0.15) is 11.8 Å². The Labute approximate surface area is 120 Å². The van der Waals surface area contributed by atoms with Gasteiger partial charge in [-0.25, -0.2) is 8.42 Å². The molecule has 0 bridgehead atoms. The number of thioether (sulfide) groups is 1. The molecule has 0 aliphatic rings. The smallest absolute Gasteiger partial charge is 0.179 e. The molecule has 5 heteroatoms. The fourth-order valence-electron chi connectivity index (χ4n) is 1.54. The van der Waals surface area contributed by atoms with E-state index in [0.717, 1.165) is 17.7 Å². The number of hydrogen-bond donors (Lipinski definition) is 1. The summed E-state index contributed by atoms with van der Waals surface area (Å²) in [5, 5.41) is 0. The minimum atomic E-state index is -3.15. The van der Waals surface area contributed by atoms with E-state index >= 15 is 0 Å². The van der Waals surface area contributed by atoms with Crippen molar-refractivity contribution in [2.75, 3.05) is 17.3 Å². The van der Waals surface area contributed by atoms with Gasteiger partial charge in [0.1, 0.15) is 0 Å². The zero-order chi connectivity index (χ0) is 14.3. The lowest BCUT2D eigenvalue weighted by atomic mass is 10.2. The van der Waals surface area contributed by atoms with Crippen LogP contribution in [0.1, 0.15) is 25.8 Å². The van der Waals surface area contributed by atoms with Crippen LogP contribution < -0.4 is 5.73 Å².